The number of aromatic amines is 1. The zero-order valence-corrected chi connectivity index (χ0v) is 13.1. The first-order valence-electron chi connectivity index (χ1n) is 7.78. The highest BCUT2D eigenvalue weighted by Gasteiger charge is 2.06. The van der Waals surface area contributed by atoms with Crippen LogP contribution < -0.4 is 10.6 Å². The van der Waals surface area contributed by atoms with E-state index in [9.17, 15) is 9.59 Å². The van der Waals surface area contributed by atoms with Crippen LogP contribution >= 0.6 is 0 Å². The number of aromatic nitrogens is 2. The maximum Gasteiger partial charge on any atom is 0.251 e. The summed E-state index contributed by atoms with van der Waals surface area (Å²) in [4.78, 5) is 23.8. The normalized spacial score (nSPS) is 10.5. The van der Waals surface area contributed by atoms with E-state index in [2.05, 4.69) is 20.8 Å². The summed E-state index contributed by atoms with van der Waals surface area (Å²) in [5.74, 6) is -0.201. The van der Waals surface area contributed by atoms with Crippen LogP contribution in [0.2, 0.25) is 0 Å². The number of anilines is 1. The quantitative estimate of drug-likeness (QED) is 0.610. The van der Waals surface area contributed by atoms with Gasteiger partial charge in [-0.15, -0.1) is 0 Å². The van der Waals surface area contributed by atoms with Crippen molar-refractivity contribution in [2.75, 3.05) is 11.9 Å². The fraction of sp³-hybridized carbons (Fsp3) is 0.167. The topological polar surface area (TPSA) is 86.9 Å². The predicted molar refractivity (Wildman–Crippen MR) is 92.7 cm³/mol. The number of nitrogens with one attached hydrogen (secondary N) is 3. The van der Waals surface area contributed by atoms with Gasteiger partial charge in [-0.25, -0.2) is 0 Å². The Morgan fingerprint density at radius 3 is 2.75 bits per heavy atom. The summed E-state index contributed by atoms with van der Waals surface area (Å²) in [6.07, 6.45) is 2.64. The van der Waals surface area contributed by atoms with Crippen LogP contribution in [-0.2, 0) is 4.79 Å². The van der Waals surface area contributed by atoms with Gasteiger partial charge in [0.05, 0.1) is 11.7 Å². The molecule has 0 unspecified atom stereocenters. The summed E-state index contributed by atoms with van der Waals surface area (Å²) < 4.78 is 0. The van der Waals surface area contributed by atoms with Crippen molar-refractivity contribution in [2.45, 2.75) is 12.8 Å². The molecule has 0 atom stereocenters. The lowest BCUT2D eigenvalue weighted by atomic mass is 10.2. The van der Waals surface area contributed by atoms with E-state index in [1.54, 1.807) is 18.3 Å². The third kappa shape index (κ3) is 3.98. The van der Waals surface area contributed by atoms with E-state index in [0.717, 1.165) is 16.6 Å². The highest BCUT2D eigenvalue weighted by atomic mass is 16.2. The van der Waals surface area contributed by atoms with Gasteiger partial charge in [-0.2, -0.15) is 5.10 Å². The number of amides is 2. The van der Waals surface area contributed by atoms with Gasteiger partial charge in [0.15, 0.2) is 0 Å². The molecule has 2 amide bonds. The van der Waals surface area contributed by atoms with E-state index in [4.69, 9.17) is 0 Å². The van der Waals surface area contributed by atoms with Gasteiger partial charge >= 0.3 is 0 Å². The summed E-state index contributed by atoms with van der Waals surface area (Å²) in [5, 5.41) is 13.4. The van der Waals surface area contributed by atoms with Gasteiger partial charge in [0.1, 0.15) is 0 Å². The molecule has 0 aliphatic heterocycles. The molecule has 0 radical (unpaired) electrons. The molecule has 3 aromatic rings. The van der Waals surface area contributed by atoms with Crippen LogP contribution in [0.1, 0.15) is 23.2 Å². The Bertz CT molecular complexity index is 842. The fourth-order valence-corrected chi connectivity index (χ4v) is 2.39. The molecule has 6 heteroatoms. The summed E-state index contributed by atoms with van der Waals surface area (Å²) in [7, 11) is 0. The van der Waals surface area contributed by atoms with E-state index in [0.29, 0.717) is 24.9 Å². The van der Waals surface area contributed by atoms with Gasteiger partial charge in [-0.1, -0.05) is 18.2 Å². The SMILES string of the molecule is O=C(CCCNC(=O)c1ccccc1)Nc1ccc2[nH]ncc2c1. The second-order valence-electron chi connectivity index (χ2n) is 5.45. The monoisotopic (exact) mass is 322 g/mol. The van der Waals surface area contributed by atoms with E-state index in [1.165, 1.54) is 0 Å². The third-order valence-electron chi connectivity index (χ3n) is 3.63. The van der Waals surface area contributed by atoms with Gasteiger partial charge < -0.3 is 10.6 Å². The Morgan fingerprint density at radius 1 is 1.08 bits per heavy atom. The Morgan fingerprint density at radius 2 is 1.92 bits per heavy atom. The number of H-pyrrole nitrogens is 1. The number of carbonyl (C=O) groups excluding carboxylic acids is 2. The van der Waals surface area contributed by atoms with Gasteiger partial charge in [-0.05, 0) is 36.8 Å². The van der Waals surface area contributed by atoms with Crippen LogP contribution in [0.25, 0.3) is 10.9 Å². The lowest BCUT2D eigenvalue weighted by Crippen LogP contribution is -2.25. The van der Waals surface area contributed by atoms with Crippen LogP contribution in [0.4, 0.5) is 5.69 Å². The van der Waals surface area contributed by atoms with Crippen molar-refractivity contribution in [1.82, 2.24) is 15.5 Å². The second kappa shape index (κ2) is 7.41. The van der Waals surface area contributed by atoms with Crippen molar-refractivity contribution < 1.29 is 9.59 Å². The smallest absolute Gasteiger partial charge is 0.251 e. The lowest BCUT2D eigenvalue weighted by molar-refractivity contribution is -0.116. The van der Waals surface area contributed by atoms with Crippen molar-refractivity contribution in [1.29, 1.82) is 0 Å². The average molecular weight is 322 g/mol. The molecular formula is C18H18N4O2. The average Bonchev–Trinajstić information content (AvgIpc) is 3.07. The molecule has 0 fully saturated rings. The standard InChI is InChI=1S/C18H18N4O2/c23-17(21-15-8-9-16-14(11-15)12-20-22-16)7-4-10-19-18(24)13-5-2-1-3-6-13/h1-3,5-6,8-9,11-12H,4,7,10H2,(H,19,24)(H,20,22)(H,21,23). The minimum Gasteiger partial charge on any atom is -0.352 e. The zero-order valence-electron chi connectivity index (χ0n) is 13.1. The van der Waals surface area contributed by atoms with Crippen LogP contribution in [0.15, 0.2) is 54.7 Å². The molecule has 3 rings (SSSR count). The van der Waals surface area contributed by atoms with E-state index < -0.39 is 0 Å². The Kier molecular flexibility index (Phi) is 4.86. The van der Waals surface area contributed by atoms with Crippen molar-refractivity contribution >= 4 is 28.4 Å². The Hall–Kier alpha value is -3.15. The van der Waals surface area contributed by atoms with Crippen molar-refractivity contribution in [2.24, 2.45) is 0 Å². The molecule has 0 saturated heterocycles. The third-order valence-corrected chi connectivity index (χ3v) is 3.63. The minimum atomic E-state index is -0.124. The first-order chi connectivity index (χ1) is 11.7. The number of hydrogen-bond donors (Lipinski definition) is 3. The predicted octanol–water partition coefficient (Wildman–Crippen LogP) is 2.71. The lowest BCUT2D eigenvalue weighted by Gasteiger charge is -2.07. The minimum absolute atomic E-state index is 0.0770. The summed E-state index contributed by atoms with van der Waals surface area (Å²) in [6, 6.07) is 14.6. The van der Waals surface area contributed by atoms with Gasteiger partial charge in [0.2, 0.25) is 5.91 Å². The number of benzene rings is 2. The van der Waals surface area contributed by atoms with E-state index in [1.807, 2.05) is 36.4 Å². The molecule has 1 heterocycles. The Balaban J connectivity index is 1.41. The first-order valence-corrected chi connectivity index (χ1v) is 7.78. The molecular weight excluding hydrogens is 304 g/mol. The van der Waals surface area contributed by atoms with Crippen molar-refractivity contribution in [3.05, 3.63) is 60.3 Å². The Labute approximate surface area is 139 Å². The maximum absolute atomic E-state index is 12.0. The zero-order chi connectivity index (χ0) is 16.8. The van der Waals surface area contributed by atoms with Crippen molar-refractivity contribution in [3.63, 3.8) is 0 Å². The molecule has 0 aliphatic carbocycles. The van der Waals surface area contributed by atoms with Gasteiger partial charge in [0.25, 0.3) is 5.91 Å². The molecule has 0 bridgehead atoms. The van der Waals surface area contributed by atoms with E-state index >= 15 is 0 Å². The van der Waals surface area contributed by atoms with Gasteiger partial charge in [-0.3, -0.25) is 14.7 Å². The number of rotatable bonds is 6. The number of carbonyl (C=O) groups is 2. The summed E-state index contributed by atoms with van der Waals surface area (Å²) in [5.41, 5.74) is 2.29. The highest BCUT2D eigenvalue weighted by molar-refractivity contribution is 5.94. The van der Waals surface area contributed by atoms with Crippen LogP contribution in [0.5, 0.6) is 0 Å². The molecule has 1 aromatic heterocycles. The molecule has 0 saturated carbocycles. The highest BCUT2D eigenvalue weighted by Crippen LogP contribution is 2.16. The largest absolute Gasteiger partial charge is 0.352 e. The van der Waals surface area contributed by atoms with Crippen LogP contribution in [-0.4, -0.2) is 28.6 Å². The molecule has 122 valence electrons. The first kappa shape index (κ1) is 15.7. The summed E-state index contributed by atoms with van der Waals surface area (Å²) >= 11 is 0. The molecule has 0 aliphatic rings. The molecule has 24 heavy (non-hydrogen) atoms. The molecule has 6 nitrogen and oxygen atoms in total. The fourth-order valence-electron chi connectivity index (χ4n) is 2.39. The van der Waals surface area contributed by atoms with E-state index in [-0.39, 0.29) is 11.8 Å². The maximum atomic E-state index is 12.0. The number of fused-ring (bicyclic) bond motifs is 1. The van der Waals surface area contributed by atoms with Crippen LogP contribution in [0.3, 0.4) is 0 Å². The second-order valence-corrected chi connectivity index (χ2v) is 5.45. The molecule has 2 aromatic carbocycles. The summed E-state index contributed by atoms with van der Waals surface area (Å²) in [6.45, 7) is 0.460. The van der Waals surface area contributed by atoms with Crippen molar-refractivity contribution in [3.8, 4) is 0 Å². The van der Waals surface area contributed by atoms with Gasteiger partial charge in [0, 0.05) is 29.6 Å². The molecule has 0 spiro atoms. The number of hydrogen-bond acceptors (Lipinski definition) is 3. The molecule has 3 N–H and O–H groups in total. The van der Waals surface area contributed by atoms with Crippen LogP contribution in [0, 0.1) is 0 Å². The number of nitrogens with zero attached hydrogens (tertiary/aromatic N) is 1.